The highest BCUT2D eigenvalue weighted by Gasteiger charge is 2.52. The number of pyridine rings is 1. The van der Waals surface area contributed by atoms with Crippen LogP contribution in [0.1, 0.15) is 42.1 Å². The molecule has 2 aliphatic rings. The molecule has 1 atom stereocenters. The molecule has 2 amide bonds. The molecule has 256 valence electrons. The summed E-state index contributed by atoms with van der Waals surface area (Å²) in [6.45, 7) is 1.74. The van der Waals surface area contributed by atoms with Crippen LogP contribution in [0.25, 0.3) is 22.2 Å². The van der Waals surface area contributed by atoms with Crippen molar-refractivity contribution in [2.24, 2.45) is 5.41 Å². The summed E-state index contributed by atoms with van der Waals surface area (Å²) >= 11 is 0. The molecule has 2 saturated heterocycles. The highest BCUT2D eigenvalue weighted by Crippen LogP contribution is 2.47. The van der Waals surface area contributed by atoms with Gasteiger partial charge in [0.2, 0.25) is 5.91 Å². The average molecular weight is 684 g/mol. The van der Waals surface area contributed by atoms with E-state index in [2.05, 4.69) is 41.4 Å². The van der Waals surface area contributed by atoms with E-state index >= 15 is 0 Å². The van der Waals surface area contributed by atoms with Crippen molar-refractivity contribution < 1.29 is 23.5 Å². The molecule has 6 aromatic rings. The van der Waals surface area contributed by atoms with Crippen LogP contribution >= 0.6 is 0 Å². The zero-order chi connectivity index (χ0) is 35.4. The number of alkyl halides is 2. The first-order valence-electron chi connectivity index (χ1n) is 17.0. The number of anilines is 1. The predicted molar refractivity (Wildman–Crippen MR) is 191 cm³/mol. The molecule has 0 radical (unpaired) electrons. The summed E-state index contributed by atoms with van der Waals surface area (Å²) in [4.78, 5) is 32.8. The summed E-state index contributed by atoms with van der Waals surface area (Å²) in [6.07, 6.45) is 1.36. The smallest absolute Gasteiger partial charge is 0.407 e. The normalized spacial score (nSPS) is 17.9. The summed E-state index contributed by atoms with van der Waals surface area (Å²) in [5, 5.41) is 15.6. The highest BCUT2D eigenvalue weighted by molar-refractivity contribution is 6.04. The average Bonchev–Trinajstić information content (AvgIpc) is 3.86. The van der Waals surface area contributed by atoms with E-state index < -0.39 is 23.0 Å². The number of hydrogen-bond acceptors (Lipinski definition) is 4. The maximum Gasteiger partial charge on any atom is 0.407 e. The van der Waals surface area contributed by atoms with Gasteiger partial charge in [0, 0.05) is 49.4 Å². The molecule has 8 rings (SSSR count). The van der Waals surface area contributed by atoms with E-state index in [0.29, 0.717) is 48.3 Å². The monoisotopic (exact) mass is 683 g/mol. The third-order valence-corrected chi connectivity index (χ3v) is 10.5. The van der Waals surface area contributed by atoms with E-state index in [-0.39, 0.29) is 18.1 Å². The van der Waals surface area contributed by atoms with Crippen LogP contribution in [-0.2, 0) is 16.3 Å². The van der Waals surface area contributed by atoms with Crippen molar-refractivity contribution in [1.29, 1.82) is 0 Å². The molecular weight excluding hydrogens is 648 g/mol. The Hall–Kier alpha value is -5.90. The predicted octanol–water partition coefficient (Wildman–Crippen LogP) is 8.16. The summed E-state index contributed by atoms with van der Waals surface area (Å²) in [6, 6.07) is 39.0. The van der Waals surface area contributed by atoms with Gasteiger partial charge >= 0.3 is 6.09 Å². The number of nitrogens with zero attached hydrogens (tertiary/aromatic N) is 5. The van der Waals surface area contributed by atoms with Crippen LogP contribution in [0, 0.1) is 5.41 Å². The fourth-order valence-corrected chi connectivity index (χ4v) is 7.95. The fourth-order valence-electron chi connectivity index (χ4n) is 7.95. The van der Waals surface area contributed by atoms with Crippen LogP contribution in [0.3, 0.4) is 0 Å². The van der Waals surface area contributed by atoms with Gasteiger partial charge in [0.15, 0.2) is 0 Å². The summed E-state index contributed by atoms with van der Waals surface area (Å²) in [7, 11) is 0. The van der Waals surface area contributed by atoms with Gasteiger partial charge < -0.3 is 14.9 Å². The van der Waals surface area contributed by atoms with Gasteiger partial charge in [-0.2, -0.15) is 13.9 Å². The molecule has 0 bridgehead atoms. The van der Waals surface area contributed by atoms with Gasteiger partial charge in [-0.3, -0.25) is 9.78 Å². The number of aromatic nitrogens is 3. The molecule has 51 heavy (non-hydrogen) atoms. The van der Waals surface area contributed by atoms with E-state index in [1.54, 1.807) is 11.0 Å². The Bertz CT molecular complexity index is 2160. The summed E-state index contributed by atoms with van der Waals surface area (Å²) in [5.74, 6) is -3.29. The molecule has 2 fully saturated rings. The fraction of sp³-hybridized carbons (Fsp3) is 0.220. The van der Waals surface area contributed by atoms with Crippen molar-refractivity contribution in [3.05, 3.63) is 150 Å². The van der Waals surface area contributed by atoms with Gasteiger partial charge in [-0.1, -0.05) is 91.0 Å². The maximum absolute atomic E-state index is 14.7. The van der Waals surface area contributed by atoms with E-state index in [0.717, 1.165) is 29.1 Å². The van der Waals surface area contributed by atoms with Crippen molar-refractivity contribution in [2.75, 3.05) is 24.5 Å². The SMILES string of the molecule is CC(F)(F)c1cc(-c2nn(C(c3ccccc3)(c3ccccc3)c3ccccc3)c3ccc(N4CCC5(CCN(C(=O)O)C5)C4=O)cc23)ccn1. The molecule has 2 aliphatic heterocycles. The largest absolute Gasteiger partial charge is 0.465 e. The molecule has 0 aliphatic carbocycles. The lowest BCUT2D eigenvalue weighted by atomic mass is 9.77. The van der Waals surface area contributed by atoms with Gasteiger partial charge in [0.1, 0.15) is 16.9 Å². The molecular formula is C41H35F2N5O3. The molecule has 4 aromatic carbocycles. The standard InChI is InChI=1S/C41H35F2N5O3/c1-39(42,43)35-25-28(19-22-44-35)36-33-26-32(47-24-21-40(37(47)49)20-23-46(27-40)38(50)51)17-18-34(33)48(45-36)41(29-11-5-2-6-12-29,30-13-7-3-8-14-30)31-15-9-4-10-16-31/h2-19,22,25-26H,20-21,23-24,27H2,1H3,(H,50,51). The second kappa shape index (κ2) is 12.2. The zero-order valence-electron chi connectivity index (χ0n) is 27.9. The first-order chi connectivity index (χ1) is 24.6. The number of halogens is 2. The lowest BCUT2D eigenvalue weighted by Crippen LogP contribution is -2.38. The molecule has 10 heteroatoms. The van der Waals surface area contributed by atoms with Crippen molar-refractivity contribution in [3.8, 4) is 11.3 Å². The second-order valence-corrected chi connectivity index (χ2v) is 13.5. The van der Waals surface area contributed by atoms with Crippen molar-refractivity contribution in [2.45, 2.75) is 31.2 Å². The van der Waals surface area contributed by atoms with Crippen LogP contribution in [-0.4, -0.2) is 56.4 Å². The van der Waals surface area contributed by atoms with Gasteiger partial charge in [-0.25, -0.2) is 9.48 Å². The quantitative estimate of drug-likeness (QED) is 0.172. The minimum absolute atomic E-state index is 0.108. The molecule has 8 nitrogen and oxygen atoms in total. The van der Waals surface area contributed by atoms with E-state index in [4.69, 9.17) is 5.10 Å². The molecule has 2 aromatic heterocycles. The summed E-state index contributed by atoms with van der Waals surface area (Å²) in [5.41, 5.74) is 2.98. The molecule has 1 unspecified atom stereocenters. The van der Waals surface area contributed by atoms with Gasteiger partial charge in [-0.15, -0.1) is 0 Å². The topological polar surface area (TPSA) is 91.6 Å². The van der Waals surface area contributed by atoms with Gasteiger partial charge in [0.25, 0.3) is 5.92 Å². The molecule has 4 heterocycles. The van der Waals surface area contributed by atoms with Crippen LogP contribution in [0.2, 0.25) is 0 Å². The maximum atomic E-state index is 14.7. The van der Waals surface area contributed by atoms with Crippen LogP contribution in [0.15, 0.2) is 128 Å². The number of benzene rings is 4. The van der Waals surface area contributed by atoms with Crippen LogP contribution < -0.4 is 4.90 Å². The van der Waals surface area contributed by atoms with Crippen molar-refractivity contribution >= 4 is 28.6 Å². The molecule has 1 N–H and O–H groups in total. The Labute approximate surface area is 293 Å². The number of amides is 2. The minimum Gasteiger partial charge on any atom is -0.465 e. The van der Waals surface area contributed by atoms with E-state index in [1.165, 1.54) is 17.2 Å². The van der Waals surface area contributed by atoms with Crippen molar-refractivity contribution in [3.63, 3.8) is 0 Å². The van der Waals surface area contributed by atoms with Gasteiger partial charge in [-0.05, 0) is 59.9 Å². The number of fused-ring (bicyclic) bond motifs is 1. The minimum atomic E-state index is -3.18. The number of carbonyl (C=O) groups excluding carboxylic acids is 1. The Morgan fingerprint density at radius 1 is 0.804 bits per heavy atom. The molecule has 1 spiro atoms. The highest BCUT2D eigenvalue weighted by atomic mass is 19.3. The van der Waals surface area contributed by atoms with E-state index in [9.17, 15) is 23.5 Å². The van der Waals surface area contributed by atoms with Crippen LogP contribution in [0.4, 0.5) is 19.3 Å². The third-order valence-electron chi connectivity index (χ3n) is 10.5. The zero-order valence-corrected chi connectivity index (χ0v) is 27.9. The first-order valence-corrected chi connectivity index (χ1v) is 17.0. The Kier molecular flexibility index (Phi) is 7.70. The first kappa shape index (κ1) is 32.3. The van der Waals surface area contributed by atoms with Crippen molar-refractivity contribution in [1.82, 2.24) is 19.7 Å². The number of rotatable bonds is 7. The second-order valence-electron chi connectivity index (χ2n) is 13.5. The van der Waals surface area contributed by atoms with Crippen LogP contribution in [0.5, 0.6) is 0 Å². The lowest BCUT2D eigenvalue weighted by Gasteiger charge is -2.37. The van der Waals surface area contributed by atoms with E-state index in [1.807, 2.05) is 77.5 Å². The third kappa shape index (κ3) is 5.24. The van der Waals surface area contributed by atoms with Gasteiger partial charge in [0.05, 0.1) is 10.9 Å². The number of carboxylic acid groups (broad SMARTS) is 1. The summed E-state index contributed by atoms with van der Waals surface area (Å²) < 4.78 is 31.3. The Balaban J connectivity index is 1.39. The molecule has 0 saturated carbocycles. The number of hydrogen-bond donors (Lipinski definition) is 1. The lowest BCUT2D eigenvalue weighted by molar-refractivity contribution is -0.124. The Morgan fingerprint density at radius 3 is 1.94 bits per heavy atom. The number of likely N-dealkylation sites (tertiary alicyclic amines) is 1. The number of carbonyl (C=O) groups is 2. The Morgan fingerprint density at radius 2 is 1.39 bits per heavy atom.